The fraction of sp³-hybridized carbons (Fsp3) is 0.562. The summed E-state index contributed by atoms with van der Waals surface area (Å²) in [5, 5.41) is 0. The summed E-state index contributed by atoms with van der Waals surface area (Å²) in [6.07, 6.45) is 2.83. The molecule has 0 bridgehead atoms. The van der Waals surface area contributed by atoms with Gasteiger partial charge in [0.1, 0.15) is 10.6 Å². The summed E-state index contributed by atoms with van der Waals surface area (Å²) in [4.78, 5) is 14.6. The molecule has 1 aliphatic heterocycles. The molecule has 0 spiro atoms. The van der Waals surface area contributed by atoms with E-state index in [1.165, 1.54) is 26.3 Å². The number of hydrogen-bond donors (Lipinski definition) is 2. The predicted octanol–water partition coefficient (Wildman–Crippen LogP) is 1.37. The summed E-state index contributed by atoms with van der Waals surface area (Å²) in [6.45, 7) is 2.52. The van der Waals surface area contributed by atoms with Crippen molar-refractivity contribution in [2.45, 2.75) is 43.2 Å². The van der Waals surface area contributed by atoms with Crippen molar-refractivity contribution in [3.05, 3.63) is 23.8 Å². The Hall–Kier alpha value is -1.35. The van der Waals surface area contributed by atoms with Gasteiger partial charge in [0.15, 0.2) is 0 Å². The number of nitrogens with zero attached hydrogens (tertiary/aromatic N) is 1. The maximum Gasteiger partial charge on any atom is 0.254 e. The molecule has 0 radical (unpaired) electrons. The molecular formula is C16H26ClN3O4S. The number of nitrogens with two attached hydrogens (primary N) is 1. The zero-order valence-electron chi connectivity index (χ0n) is 14.7. The second-order valence-corrected chi connectivity index (χ2v) is 7.85. The Bertz CT molecular complexity index is 709. The molecule has 2 atom stereocenters. The SMILES string of the molecule is CNS(=O)(=O)c1cc(C(=O)N2CCCCC2C(C)N)ccc1OC.Cl. The van der Waals surface area contributed by atoms with Gasteiger partial charge in [0, 0.05) is 24.2 Å². The highest BCUT2D eigenvalue weighted by Gasteiger charge is 2.31. The highest BCUT2D eigenvalue weighted by molar-refractivity contribution is 7.89. The zero-order chi connectivity index (χ0) is 17.9. The number of benzene rings is 1. The summed E-state index contributed by atoms with van der Waals surface area (Å²) < 4.78 is 31.7. The summed E-state index contributed by atoms with van der Waals surface area (Å²) in [5.74, 6) is -0.00417. The fourth-order valence-electron chi connectivity index (χ4n) is 3.05. The number of carbonyl (C=O) groups is 1. The average molecular weight is 392 g/mol. The molecule has 2 rings (SSSR count). The van der Waals surface area contributed by atoms with Crippen molar-refractivity contribution in [3.8, 4) is 5.75 Å². The van der Waals surface area contributed by atoms with Crippen LogP contribution in [0.15, 0.2) is 23.1 Å². The number of sulfonamides is 1. The second-order valence-electron chi connectivity index (χ2n) is 5.99. The van der Waals surface area contributed by atoms with Crippen LogP contribution in [0.25, 0.3) is 0 Å². The summed E-state index contributed by atoms with van der Waals surface area (Å²) >= 11 is 0. The van der Waals surface area contributed by atoms with E-state index in [0.29, 0.717) is 12.1 Å². The number of rotatable bonds is 5. The molecule has 25 heavy (non-hydrogen) atoms. The second kappa shape index (κ2) is 8.84. The Kier molecular flexibility index (Phi) is 7.67. The van der Waals surface area contributed by atoms with E-state index in [-0.39, 0.29) is 41.0 Å². The molecule has 2 unspecified atom stereocenters. The van der Waals surface area contributed by atoms with Gasteiger partial charge < -0.3 is 15.4 Å². The number of ether oxygens (including phenoxy) is 1. The Balaban J connectivity index is 0.00000312. The lowest BCUT2D eigenvalue weighted by molar-refractivity contribution is 0.0583. The van der Waals surface area contributed by atoms with E-state index < -0.39 is 10.0 Å². The number of amides is 1. The molecule has 0 aromatic heterocycles. The van der Waals surface area contributed by atoms with Crippen LogP contribution in [0, 0.1) is 0 Å². The Morgan fingerprint density at radius 1 is 1.40 bits per heavy atom. The minimum atomic E-state index is -3.73. The number of carbonyl (C=O) groups excluding carboxylic acids is 1. The number of likely N-dealkylation sites (tertiary alicyclic amines) is 1. The molecule has 0 saturated carbocycles. The molecule has 1 saturated heterocycles. The van der Waals surface area contributed by atoms with Gasteiger partial charge in [-0.05, 0) is 51.4 Å². The fourth-order valence-corrected chi connectivity index (χ4v) is 3.97. The van der Waals surface area contributed by atoms with Gasteiger partial charge in [-0.2, -0.15) is 0 Å². The van der Waals surface area contributed by atoms with Crippen LogP contribution in [0.2, 0.25) is 0 Å². The molecule has 0 aliphatic carbocycles. The van der Waals surface area contributed by atoms with Gasteiger partial charge in [-0.15, -0.1) is 12.4 Å². The molecule has 1 amide bonds. The lowest BCUT2D eigenvalue weighted by Crippen LogP contribution is -2.51. The van der Waals surface area contributed by atoms with Crippen LogP contribution in [-0.2, 0) is 10.0 Å². The average Bonchev–Trinajstić information content (AvgIpc) is 2.60. The van der Waals surface area contributed by atoms with Crippen LogP contribution >= 0.6 is 12.4 Å². The van der Waals surface area contributed by atoms with E-state index >= 15 is 0 Å². The van der Waals surface area contributed by atoms with E-state index in [1.807, 2.05) is 6.92 Å². The molecular weight excluding hydrogens is 366 g/mol. The highest BCUT2D eigenvalue weighted by Crippen LogP contribution is 2.27. The number of nitrogens with one attached hydrogen (secondary N) is 1. The van der Waals surface area contributed by atoms with Crippen LogP contribution in [0.3, 0.4) is 0 Å². The monoisotopic (exact) mass is 391 g/mol. The molecule has 1 heterocycles. The largest absolute Gasteiger partial charge is 0.495 e. The van der Waals surface area contributed by atoms with Crippen molar-refractivity contribution < 1.29 is 17.9 Å². The van der Waals surface area contributed by atoms with Crippen molar-refractivity contribution >= 4 is 28.3 Å². The molecule has 1 aliphatic rings. The van der Waals surface area contributed by atoms with Gasteiger partial charge in [-0.1, -0.05) is 0 Å². The van der Waals surface area contributed by atoms with Gasteiger partial charge in [0.25, 0.3) is 5.91 Å². The van der Waals surface area contributed by atoms with Crippen LogP contribution in [0.4, 0.5) is 0 Å². The Morgan fingerprint density at radius 3 is 2.64 bits per heavy atom. The van der Waals surface area contributed by atoms with E-state index in [0.717, 1.165) is 19.3 Å². The molecule has 1 aromatic rings. The first-order valence-electron chi connectivity index (χ1n) is 8.00. The predicted molar refractivity (Wildman–Crippen MR) is 98.8 cm³/mol. The van der Waals surface area contributed by atoms with Crippen LogP contribution < -0.4 is 15.2 Å². The number of methoxy groups -OCH3 is 1. The molecule has 1 aromatic carbocycles. The van der Waals surface area contributed by atoms with Gasteiger partial charge >= 0.3 is 0 Å². The summed E-state index contributed by atoms with van der Waals surface area (Å²) in [7, 11) is -1.02. The lowest BCUT2D eigenvalue weighted by Gasteiger charge is -2.38. The Morgan fingerprint density at radius 2 is 2.08 bits per heavy atom. The number of hydrogen-bond acceptors (Lipinski definition) is 5. The quantitative estimate of drug-likeness (QED) is 0.789. The molecule has 9 heteroatoms. The van der Waals surface area contributed by atoms with E-state index in [1.54, 1.807) is 11.0 Å². The highest BCUT2D eigenvalue weighted by atomic mass is 35.5. The minimum Gasteiger partial charge on any atom is -0.495 e. The van der Waals surface area contributed by atoms with Crippen molar-refractivity contribution in [1.82, 2.24) is 9.62 Å². The molecule has 1 fully saturated rings. The smallest absolute Gasteiger partial charge is 0.254 e. The van der Waals surface area contributed by atoms with Crippen LogP contribution in [-0.4, -0.2) is 52.0 Å². The van der Waals surface area contributed by atoms with Crippen molar-refractivity contribution in [2.24, 2.45) is 5.73 Å². The molecule has 142 valence electrons. The normalized spacial score (nSPS) is 19.0. The maximum absolute atomic E-state index is 12.9. The standard InChI is InChI=1S/C16H25N3O4S.ClH/c1-11(17)13-6-4-5-9-19(13)16(20)12-7-8-14(23-3)15(10-12)24(21,22)18-2;/h7-8,10-11,13,18H,4-6,9,17H2,1-3H3;1H. The third-order valence-electron chi connectivity index (χ3n) is 4.39. The van der Waals surface area contributed by atoms with Crippen molar-refractivity contribution in [2.75, 3.05) is 20.7 Å². The van der Waals surface area contributed by atoms with Crippen LogP contribution in [0.1, 0.15) is 36.5 Å². The topological polar surface area (TPSA) is 102 Å². The number of halogens is 1. The van der Waals surface area contributed by atoms with E-state index in [9.17, 15) is 13.2 Å². The van der Waals surface area contributed by atoms with Gasteiger partial charge in [-0.25, -0.2) is 13.1 Å². The van der Waals surface area contributed by atoms with Crippen LogP contribution in [0.5, 0.6) is 5.75 Å². The third kappa shape index (κ3) is 4.63. The first-order valence-corrected chi connectivity index (χ1v) is 9.48. The first kappa shape index (κ1) is 21.7. The zero-order valence-corrected chi connectivity index (χ0v) is 16.3. The van der Waals surface area contributed by atoms with Crippen molar-refractivity contribution in [3.63, 3.8) is 0 Å². The third-order valence-corrected chi connectivity index (χ3v) is 5.82. The number of piperidine rings is 1. The minimum absolute atomic E-state index is 0. The van der Waals surface area contributed by atoms with Gasteiger partial charge in [0.05, 0.1) is 7.11 Å². The summed E-state index contributed by atoms with van der Waals surface area (Å²) in [6, 6.07) is 4.29. The molecule has 3 N–H and O–H groups in total. The van der Waals surface area contributed by atoms with Crippen molar-refractivity contribution in [1.29, 1.82) is 0 Å². The molecule has 7 nitrogen and oxygen atoms in total. The van der Waals surface area contributed by atoms with E-state index in [4.69, 9.17) is 10.5 Å². The maximum atomic E-state index is 12.9. The lowest BCUT2D eigenvalue weighted by atomic mass is 9.96. The van der Waals surface area contributed by atoms with Gasteiger partial charge in [-0.3, -0.25) is 4.79 Å². The summed E-state index contributed by atoms with van der Waals surface area (Å²) in [5.41, 5.74) is 6.34. The van der Waals surface area contributed by atoms with Gasteiger partial charge in [0.2, 0.25) is 10.0 Å². The Labute approximate surface area is 155 Å². The first-order chi connectivity index (χ1) is 11.3. The van der Waals surface area contributed by atoms with E-state index in [2.05, 4.69) is 4.72 Å².